The first kappa shape index (κ1) is 19.0. The van der Waals surface area contributed by atoms with E-state index in [1.165, 1.54) is 30.9 Å². The molecule has 3 atom stereocenters. The van der Waals surface area contributed by atoms with E-state index in [0.717, 1.165) is 37.9 Å². The number of aromatic nitrogens is 1. The van der Waals surface area contributed by atoms with Crippen LogP contribution in [0, 0.1) is 17.8 Å². The number of piperidine rings is 1. The van der Waals surface area contributed by atoms with Gasteiger partial charge in [-0.2, -0.15) is 0 Å². The van der Waals surface area contributed by atoms with Gasteiger partial charge < -0.3 is 14.5 Å². The SMILES string of the molecule is CC[C@H]1[C@@H](C(C(=O)OC)C(=O)OC)CCN2CCc3c([nH]c4ccccc34)[C@H]12. The number of para-hydroxylation sites is 1. The third kappa shape index (κ3) is 2.91. The summed E-state index contributed by atoms with van der Waals surface area (Å²) in [6, 6.07) is 8.59. The average molecular weight is 384 g/mol. The molecular formula is C22H28N2O4. The summed E-state index contributed by atoms with van der Waals surface area (Å²) in [7, 11) is 2.68. The number of carbonyl (C=O) groups excluding carboxylic acids is 2. The Morgan fingerprint density at radius 2 is 1.89 bits per heavy atom. The van der Waals surface area contributed by atoms with E-state index in [9.17, 15) is 9.59 Å². The minimum absolute atomic E-state index is 0.0940. The van der Waals surface area contributed by atoms with Crippen molar-refractivity contribution >= 4 is 22.8 Å². The summed E-state index contributed by atoms with van der Waals surface area (Å²) in [6.07, 6.45) is 2.69. The van der Waals surface area contributed by atoms with Crippen molar-refractivity contribution in [3.63, 3.8) is 0 Å². The summed E-state index contributed by atoms with van der Waals surface area (Å²) >= 11 is 0. The lowest BCUT2D eigenvalue weighted by molar-refractivity contribution is -0.165. The van der Waals surface area contributed by atoms with E-state index in [1.54, 1.807) is 0 Å². The molecule has 150 valence electrons. The van der Waals surface area contributed by atoms with Crippen molar-refractivity contribution in [2.24, 2.45) is 17.8 Å². The molecule has 2 aromatic rings. The standard InChI is InChI=1S/C22H28N2O4/c1-4-13-15(18(21(25)27-2)22(26)28-3)9-11-24-12-10-16-14-7-5-6-8-17(14)23-19(16)20(13)24/h5-8,13,15,18,20,23H,4,9-12H2,1-3H3/t13-,15-,20-/m0/s1. The number of aromatic amines is 1. The van der Waals surface area contributed by atoms with Crippen molar-refractivity contribution in [1.29, 1.82) is 0 Å². The van der Waals surface area contributed by atoms with Gasteiger partial charge in [-0.05, 0) is 42.9 Å². The van der Waals surface area contributed by atoms with Gasteiger partial charge in [0.05, 0.1) is 20.3 Å². The molecule has 28 heavy (non-hydrogen) atoms. The molecule has 0 radical (unpaired) electrons. The van der Waals surface area contributed by atoms with Gasteiger partial charge in [0.1, 0.15) is 0 Å². The molecule has 6 heteroatoms. The zero-order chi connectivity index (χ0) is 19.8. The van der Waals surface area contributed by atoms with Gasteiger partial charge in [-0.1, -0.05) is 31.5 Å². The topological polar surface area (TPSA) is 71.6 Å². The van der Waals surface area contributed by atoms with Crippen molar-refractivity contribution in [3.8, 4) is 0 Å². The van der Waals surface area contributed by atoms with E-state index < -0.39 is 17.9 Å². The van der Waals surface area contributed by atoms with Crippen LogP contribution in [0.25, 0.3) is 10.9 Å². The maximum absolute atomic E-state index is 12.5. The monoisotopic (exact) mass is 384 g/mol. The Balaban J connectivity index is 1.77. The van der Waals surface area contributed by atoms with Crippen molar-refractivity contribution in [2.45, 2.75) is 32.2 Å². The molecule has 2 aliphatic rings. The zero-order valence-corrected chi connectivity index (χ0v) is 16.7. The van der Waals surface area contributed by atoms with Crippen molar-refractivity contribution in [2.75, 3.05) is 27.3 Å². The second-order valence-corrected chi connectivity index (χ2v) is 7.84. The van der Waals surface area contributed by atoms with Crippen LogP contribution < -0.4 is 0 Å². The van der Waals surface area contributed by atoms with E-state index in [2.05, 4.69) is 35.0 Å². The molecule has 0 saturated carbocycles. The Hall–Kier alpha value is -2.34. The lowest BCUT2D eigenvalue weighted by Crippen LogP contribution is -2.50. The van der Waals surface area contributed by atoms with Gasteiger partial charge in [-0.15, -0.1) is 0 Å². The summed E-state index contributed by atoms with van der Waals surface area (Å²) in [6.45, 7) is 4.01. The Labute approximate surface area is 165 Å². The molecule has 1 fully saturated rings. The molecule has 4 rings (SSSR count). The molecule has 0 bridgehead atoms. The number of methoxy groups -OCH3 is 2. The van der Waals surface area contributed by atoms with Crippen LogP contribution in [0.2, 0.25) is 0 Å². The smallest absolute Gasteiger partial charge is 0.320 e. The second-order valence-electron chi connectivity index (χ2n) is 7.84. The second kappa shape index (κ2) is 7.59. The molecule has 1 saturated heterocycles. The first-order chi connectivity index (χ1) is 13.6. The number of nitrogens with zero attached hydrogens (tertiary/aromatic N) is 1. The molecule has 1 aromatic heterocycles. The number of fused-ring (bicyclic) bond motifs is 5. The van der Waals surface area contributed by atoms with Crippen LogP contribution in [0.3, 0.4) is 0 Å². The normalized spacial score (nSPS) is 24.6. The number of esters is 2. The number of H-pyrrole nitrogens is 1. The number of hydrogen-bond acceptors (Lipinski definition) is 5. The first-order valence-electron chi connectivity index (χ1n) is 10.1. The minimum Gasteiger partial charge on any atom is -0.468 e. The molecule has 0 unspecified atom stereocenters. The summed E-state index contributed by atoms with van der Waals surface area (Å²) in [5, 5.41) is 1.28. The predicted molar refractivity (Wildman–Crippen MR) is 106 cm³/mol. The number of carbonyl (C=O) groups is 2. The third-order valence-corrected chi connectivity index (χ3v) is 6.70. The molecule has 1 N–H and O–H groups in total. The maximum atomic E-state index is 12.5. The van der Waals surface area contributed by atoms with Crippen LogP contribution >= 0.6 is 0 Å². The lowest BCUT2D eigenvalue weighted by Gasteiger charge is -2.48. The third-order valence-electron chi connectivity index (χ3n) is 6.70. The van der Waals surface area contributed by atoms with E-state index in [-0.39, 0.29) is 17.9 Å². The molecule has 2 aliphatic heterocycles. The van der Waals surface area contributed by atoms with Crippen molar-refractivity contribution in [1.82, 2.24) is 9.88 Å². The summed E-state index contributed by atoms with van der Waals surface area (Å²) in [5.41, 5.74) is 3.78. The van der Waals surface area contributed by atoms with Gasteiger partial charge >= 0.3 is 11.9 Å². The largest absolute Gasteiger partial charge is 0.468 e. The van der Waals surface area contributed by atoms with Crippen molar-refractivity contribution < 1.29 is 19.1 Å². The van der Waals surface area contributed by atoms with Gasteiger partial charge in [-0.25, -0.2) is 0 Å². The fraction of sp³-hybridized carbons (Fsp3) is 0.545. The number of rotatable bonds is 4. The maximum Gasteiger partial charge on any atom is 0.320 e. The summed E-state index contributed by atoms with van der Waals surface area (Å²) in [5.74, 6) is -1.77. The van der Waals surface area contributed by atoms with Crippen LogP contribution in [0.4, 0.5) is 0 Å². The van der Waals surface area contributed by atoms with Crippen LogP contribution in [-0.2, 0) is 25.5 Å². The summed E-state index contributed by atoms with van der Waals surface area (Å²) in [4.78, 5) is 31.1. The predicted octanol–water partition coefficient (Wildman–Crippen LogP) is 3.08. The fourth-order valence-corrected chi connectivity index (χ4v) is 5.46. The van der Waals surface area contributed by atoms with Gasteiger partial charge in [0.2, 0.25) is 0 Å². The molecule has 1 aromatic carbocycles. The van der Waals surface area contributed by atoms with Crippen LogP contribution in [0.5, 0.6) is 0 Å². The highest BCUT2D eigenvalue weighted by molar-refractivity contribution is 5.95. The van der Waals surface area contributed by atoms with E-state index in [1.807, 2.05) is 6.07 Å². The number of ether oxygens (including phenoxy) is 2. The van der Waals surface area contributed by atoms with Crippen LogP contribution in [0.15, 0.2) is 24.3 Å². The van der Waals surface area contributed by atoms with E-state index >= 15 is 0 Å². The Morgan fingerprint density at radius 1 is 1.18 bits per heavy atom. The summed E-state index contributed by atoms with van der Waals surface area (Å²) < 4.78 is 9.95. The first-order valence-corrected chi connectivity index (χ1v) is 10.1. The highest BCUT2D eigenvalue weighted by Gasteiger charge is 2.49. The molecule has 0 aliphatic carbocycles. The Morgan fingerprint density at radius 3 is 2.57 bits per heavy atom. The van der Waals surface area contributed by atoms with E-state index in [0.29, 0.717) is 0 Å². The number of hydrogen-bond donors (Lipinski definition) is 1. The molecule has 3 heterocycles. The van der Waals surface area contributed by atoms with Gasteiger partial charge in [0.25, 0.3) is 0 Å². The van der Waals surface area contributed by atoms with Crippen LogP contribution in [-0.4, -0.2) is 49.1 Å². The molecule has 6 nitrogen and oxygen atoms in total. The zero-order valence-electron chi connectivity index (χ0n) is 16.7. The van der Waals surface area contributed by atoms with E-state index in [4.69, 9.17) is 9.47 Å². The van der Waals surface area contributed by atoms with Crippen LogP contribution in [0.1, 0.15) is 37.1 Å². The Kier molecular flexibility index (Phi) is 5.15. The van der Waals surface area contributed by atoms with Gasteiger partial charge in [0.15, 0.2) is 5.92 Å². The highest BCUT2D eigenvalue weighted by Crippen LogP contribution is 2.48. The lowest BCUT2D eigenvalue weighted by atomic mass is 9.69. The quantitative estimate of drug-likeness (QED) is 0.648. The van der Waals surface area contributed by atoms with Gasteiger partial charge in [-0.3, -0.25) is 14.5 Å². The van der Waals surface area contributed by atoms with Crippen molar-refractivity contribution in [3.05, 3.63) is 35.5 Å². The molecular weight excluding hydrogens is 356 g/mol. The highest BCUT2D eigenvalue weighted by atomic mass is 16.5. The molecule has 0 amide bonds. The minimum atomic E-state index is -0.864. The fourth-order valence-electron chi connectivity index (χ4n) is 5.46. The number of benzene rings is 1. The average Bonchev–Trinajstić information content (AvgIpc) is 3.12. The van der Waals surface area contributed by atoms with Gasteiger partial charge in [0, 0.05) is 23.1 Å². The number of nitrogens with one attached hydrogen (secondary N) is 1. The molecule has 0 spiro atoms. The Bertz CT molecular complexity index is 874.